The van der Waals surface area contributed by atoms with E-state index in [-0.39, 0.29) is 22.3 Å². The molecular formula is C22H35NO2. The second-order valence-electron chi connectivity index (χ2n) is 10.2. The van der Waals surface area contributed by atoms with Crippen LogP contribution in [0.15, 0.2) is 12.2 Å². The van der Waals surface area contributed by atoms with Crippen molar-refractivity contribution in [1.82, 2.24) is 5.32 Å². The summed E-state index contributed by atoms with van der Waals surface area (Å²) in [6.07, 6.45) is 10.5. The molecule has 0 aliphatic heterocycles. The summed E-state index contributed by atoms with van der Waals surface area (Å²) in [5, 5.41) is 14.4. The Hall–Kier alpha value is -0.830. The zero-order valence-electron chi connectivity index (χ0n) is 16.3. The Morgan fingerprint density at radius 2 is 1.92 bits per heavy atom. The molecule has 2 N–H and O–H groups in total. The van der Waals surface area contributed by atoms with Crippen molar-refractivity contribution in [2.24, 2.45) is 22.7 Å². The van der Waals surface area contributed by atoms with Gasteiger partial charge < -0.3 is 10.4 Å². The smallest absolute Gasteiger partial charge is 0.220 e. The van der Waals surface area contributed by atoms with Gasteiger partial charge in [0.15, 0.2) is 0 Å². The third kappa shape index (κ3) is 2.30. The lowest BCUT2D eigenvalue weighted by atomic mass is 9.42. The van der Waals surface area contributed by atoms with Crippen molar-refractivity contribution >= 4 is 5.91 Å². The van der Waals surface area contributed by atoms with E-state index in [1.807, 2.05) is 6.92 Å². The standard InChI is InChI=1S/C22H35NO2/c1-5-18(24)23-20(4)10-6-9-19(3)16(20)7-11-21-13-15(2)22(25,14-21)12-8-17(19)21/h16-17,25H,2,5-14H2,1,3-4H3,(H,23,24)/t16-,17-,19+,20+,21+,22-/m0/s1. The third-order valence-corrected chi connectivity index (χ3v) is 8.90. The molecule has 0 radical (unpaired) electrons. The minimum atomic E-state index is -0.589. The van der Waals surface area contributed by atoms with Gasteiger partial charge in [0.1, 0.15) is 0 Å². The molecule has 6 atom stereocenters. The molecule has 1 amide bonds. The number of hydrogen-bond donors (Lipinski definition) is 2. The van der Waals surface area contributed by atoms with Gasteiger partial charge >= 0.3 is 0 Å². The van der Waals surface area contributed by atoms with Crippen LogP contribution in [0, 0.1) is 22.7 Å². The zero-order chi connectivity index (χ0) is 18.1. The Morgan fingerprint density at radius 1 is 1.20 bits per heavy atom. The summed E-state index contributed by atoms with van der Waals surface area (Å²) in [7, 11) is 0. The monoisotopic (exact) mass is 345 g/mol. The molecule has 0 saturated heterocycles. The van der Waals surface area contributed by atoms with Crippen LogP contribution in [0.5, 0.6) is 0 Å². The van der Waals surface area contributed by atoms with E-state index in [9.17, 15) is 9.90 Å². The van der Waals surface area contributed by atoms with Gasteiger partial charge in [-0.2, -0.15) is 0 Å². The van der Waals surface area contributed by atoms with Gasteiger partial charge in [0.2, 0.25) is 5.91 Å². The maximum Gasteiger partial charge on any atom is 0.220 e. The van der Waals surface area contributed by atoms with Crippen LogP contribution in [-0.2, 0) is 4.79 Å². The van der Waals surface area contributed by atoms with Crippen LogP contribution in [0.25, 0.3) is 0 Å². The van der Waals surface area contributed by atoms with Gasteiger partial charge in [-0.15, -0.1) is 0 Å². The third-order valence-electron chi connectivity index (χ3n) is 8.90. The van der Waals surface area contributed by atoms with Gasteiger partial charge in [-0.1, -0.05) is 26.8 Å². The summed E-state index contributed by atoms with van der Waals surface area (Å²) >= 11 is 0. The van der Waals surface area contributed by atoms with Crippen molar-refractivity contribution in [2.75, 3.05) is 0 Å². The van der Waals surface area contributed by atoms with E-state index >= 15 is 0 Å². The predicted molar refractivity (Wildman–Crippen MR) is 100 cm³/mol. The molecule has 4 saturated carbocycles. The number of carbonyl (C=O) groups excluding carboxylic acids is 1. The summed E-state index contributed by atoms with van der Waals surface area (Å²) in [5.41, 5.74) is 0.981. The summed E-state index contributed by atoms with van der Waals surface area (Å²) in [4.78, 5) is 12.2. The number of hydrogen-bond acceptors (Lipinski definition) is 2. The molecular weight excluding hydrogens is 310 g/mol. The fourth-order valence-electron chi connectivity index (χ4n) is 7.91. The van der Waals surface area contributed by atoms with Crippen molar-refractivity contribution in [3.63, 3.8) is 0 Å². The fraction of sp³-hybridized carbons (Fsp3) is 0.864. The van der Waals surface area contributed by atoms with E-state index in [2.05, 4.69) is 25.7 Å². The van der Waals surface area contributed by atoms with Crippen LogP contribution in [0.4, 0.5) is 0 Å². The Bertz CT molecular complexity index is 615. The molecule has 140 valence electrons. The molecule has 0 heterocycles. The molecule has 4 rings (SSSR count). The molecule has 4 fully saturated rings. The Morgan fingerprint density at radius 3 is 2.64 bits per heavy atom. The van der Waals surface area contributed by atoms with Gasteiger partial charge in [0, 0.05) is 12.0 Å². The quantitative estimate of drug-likeness (QED) is 0.731. The number of aliphatic hydroxyl groups is 1. The Balaban J connectivity index is 1.68. The molecule has 25 heavy (non-hydrogen) atoms. The number of amides is 1. The van der Waals surface area contributed by atoms with Crippen LogP contribution in [0.3, 0.4) is 0 Å². The van der Waals surface area contributed by atoms with Gasteiger partial charge in [0.05, 0.1) is 5.60 Å². The minimum Gasteiger partial charge on any atom is -0.386 e. The van der Waals surface area contributed by atoms with Crippen molar-refractivity contribution in [3.05, 3.63) is 12.2 Å². The summed E-state index contributed by atoms with van der Waals surface area (Å²) < 4.78 is 0. The fourth-order valence-corrected chi connectivity index (χ4v) is 7.91. The highest BCUT2D eigenvalue weighted by Gasteiger charge is 2.66. The molecule has 0 aromatic heterocycles. The topological polar surface area (TPSA) is 49.3 Å². The molecule has 4 aliphatic carbocycles. The lowest BCUT2D eigenvalue weighted by Crippen LogP contribution is -2.64. The van der Waals surface area contributed by atoms with E-state index in [0.29, 0.717) is 18.3 Å². The number of fused-ring (bicyclic) bond motifs is 3. The molecule has 4 aliphatic rings. The largest absolute Gasteiger partial charge is 0.386 e. The first-order valence-corrected chi connectivity index (χ1v) is 10.4. The molecule has 0 unspecified atom stereocenters. The first-order chi connectivity index (χ1) is 11.7. The molecule has 2 bridgehead atoms. The highest BCUT2D eigenvalue weighted by Crippen LogP contribution is 2.71. The van der Waals surface area contributed by atoms with Gasteiger partial charge in [-0.05, 0) is 86.5 Å². The lowest BCUT2D eigenvalue weighted by Gasteiger charge is -2.64. The van der Waals surface area contributed by atoms with Gasteiger partial charge in [0.25, 0.3) is 0 Å². The number of nitrogens with one attached hydrogen (secondary N) is 1. The van der Waals surface area contributed by atoms with E-state index in [1.54, 1.807) is 0 Å². The first-order valence-electron chi connectivity index (χ1n) is 10.4. The van der Waals surface area contributed by atoms with E-state index < -0.39 is 5.60 Å². The van der Waals surface area contributed by atoms with Crippen LogP contribution in [0.2, 0.25) is 0 Å². The van der Waals surface area contributed by atoms with E-state index in [1.165, 1.54) is 25.7 Å². The van der Waals surface area contributed by atoms with Crippen LogP contribution in [-0.4, -0.2) is 22.2 Å². The lowest BCUT2D eigenvalue weighted by molar-refractivity contribution is -0.154. The average Bonchev–Trinajstić information content (AvgIpc) is 2.71. The highest BCUT2D eigenvalue weighted by atomic mass is 16.3. The van der Waals surface area contributed by atoms with Crippen molar-refractivity contribution in [2.45, 2.75) is 96.1 Å². The SMILES string of the molecule is C=C1C[C@@]23CC[C@H]4[C@@](C)(CCC[C@@]4(C)NC(=O)CC)[C@@H]2CC[C@]1(O)C3. The van der Waals surface area contributed by atoms with Crippen LogP contribution in [0.1, 0.15) is 85.0 Å². The molecule has 0 aromatic rings. The number of rotatable bonds is 2. The van der Waals surface area contributed by atoms with Crippen molar-refractivity contribution in [1.29, 1.82) is 0 Å². The van der Waals surface area contributed by atoms with Crippen molar-refractivity contribution < 1.29 is 9.90 Å². The Kier molecular flexibility index (Phi) is 3.76. The second-order valence-corrected chi connectivity index (χ2v) is 10.2. The Labute approximate surface area is 152 Å². The minimum absolute atomic E-state index is 0.0644. The first kappa shape index (κ1) is 17.6. The maximum atomic E-state index is 12.2. The number of carbonyl (C=O) groups is 1. The average molecular weight is 346 g/mol. The van der Waals surface area contributed by atoms with Gasteiger partial charge in [-0.25, -0.2) is 0 Å². The summed E-state index contributed by atoms with van der Waals surface area (Å²) in [6.45, 7) is 11.0. The molecule has 3 heteroatoms. The second kappa shape index (κ2) is 5.34. The maximum absolute atomic E-state index is 12.2. The van der Waals surface area contributed by atoms with E-state index in [4.69, 9.17) is 0 Å². The summed E-state index contributed by atoms with van der Waals surface area (Å²) in [6, 6.07) is 0. The normalized spacial score (nSPS) is 51.6. The predicted octanol–water partition coefficient (Wildman–Crippen LogP) is 4.35. The van der Waals surface area contributed by atoms with Gasteiger partial charge in [-0.3, -0.25) is 4.79 Å². The highest BCUT2D eigenvalue weighted by molar-refractivity contribution is 5.76. The van der Waals surface area contributed by atoms with Crippen molar-refractivity contribution in [3.8, 4) is 0 Å². The zero-order valence-corrected chi connectivity index (χ0v) is 16.3. The van der Waals surface area contributed by atoms with Crippen LogP contribution < -0.4 is 5.32 Å². The molecule has 1 spiro atoms. The summed E-state index contributed by atoms with van der Waals surface area (Å²) in [5.74, 6) is 1.41. The molecule has 3 nitrogen and oxygen atoms in total. The van der Waals surface area contributed by atoms with Crippen LogP contribution >= 0.6 is 0 Å². The molecule has 0 aromatic carbocycles. The van der Waals surface area contributed by atoms with E-state index in [0.717, 1.165) is 37.7 Å².